The van der Waals surface area contributed by atoms with Crippen molar-refractivity contribution in [3.8, 4) is 17.0 Å². The largest absolute Gasteiger partial charge is 0.490 e. The second kappa shape index (κ2) is 5.90. The lowest BCUT2D eigenvalue weighted by Crippen LogP contribution is -2.08. The molecule has 1 heterocycles. The molecule has 106 valence electrons. The van der Waals surface area contributed by atoms with E-state index in [1.54, 1.807) is 0 Å². The summed E-state index contributed by atoms with van der Waals surface area (Å²) in [6, 6.07) is 7.90. The van der Waals surface area contributed by atoms with Gasteiger partial charge in [-0.15, -0.1) is 0 Å². The highest BCUT2D eigenvalue weighted by atomic mass is 16.5. The van der Waals surface area contributed by atoms with Crippen molar-refractivity contribution in [1.82, 2.24) is 9.97 Å². The van der Waals surface area contributed by atoms with E-state index in [2.05, 4.69) is 9.97 Å². The molecule has 20 heavy (non-hydrogen) atoms. The molecule has 4 heteroatoms. The second-order valence-electron chi connectivity index (χ2n) is 5.02. The van der Waals surface area contributed by atoms with E-state index in [-0.39, 0.29) is 6.10 Å². The maximum absolute atomic E-state index is 5.99. The summed E-state index contributed by atoms with van der Waals surface area (Å²) in [6.45, 7) is 7.98. The number of anilines is 1. The number of nitrogens with two attached hydrogens (primary N) is 1. The first-order valence-electron chi connectivity index (χ1n) is 6.92. The van der Waals surface area contributed by atoms with Gasteiger partial charge in [0.25, 0.3) is 0 Å². The molecule has 2 aromatic rings. The molecule has 1 aromatic heterocycles. The quantitative estimate of drug-likeness (QED) is 0.926. The number of aryl methyl sites for hydroxylation is 1. The van der Waals surface area contributed by atoms with Crippen LogP contribution in [0.4, 0.5) is 5.82 Å². The fraction of sp³-hybridized carbons (Fsp3) is 0.375. The van der Waals surface area contributed by atoms with Crippen LogP contribution in [0.2, 0.25) is 0 Å². The van der Waals surface area contributed by atoms with Gasteiger partial charge in [-0.05, 0) is 32.9 Å². The lowest BCUT2D eigenvalue weighted by atomic mass is 10.1. The van der Waals surface area contributed by atoms with Crippen molar-refractivity contribution < 1.29 is 4.74 Å². The normalized spacial score (nSPS) is 10.8. The Balaban J connectivity index is 2.59. The van der Waals surface area contributed by atoms with Crippen LogP contribution in [0.5, 0.6) is 5.75 Å². The summed E-state index contributed by atoms with van der Waals surface area (Å²) in [5, 5.41) is 0. The smallest absolute Gasteiger partial charge is 0.131 e. The van der Waals surface area contributed by atoms with Crippen LogP contribution >= 0.6 is 0 Å². The summed E-state index contributed by atoms with van der Waals surface area (Å²) in [4.78, 5) is 8.91. The lowest BCUT2D eigenvalue weighted by Gasteiger charge is -2.16. The standard InChI is InChI=1S/C16H21N3O/c1-5-14-18-15(11(4)16(17)19-14)12-8-6-7-9-13(12)20-10(2)3/h6-10H,5H2,1-4H3,(H2,17,18,19). The molecule has 0 unspecified atom stereocenters. The van der Waals surface area contributed by atoms with E-state index in [9.17, 15) is 0 Å². The Kier molecular flexibility index (Phi) is 4.23. The molecule has 0 radical (unpaired) electrons. The number of nitrogen functional groups attached to an aromatic ring is 1. The van der Waals surface area contributed by atoms with E-state index in [1.165, 1.54) is 0 Å². The van der Waals surface area contributed by atoms with Crippen molar-refractivity contribution in [2.24, 2.45) is 0 Å². The van der Waals surface area contributed by atoms with Crippen molar-refractivity contribution in [2.45, 2.75) is 40.2 Å². The number of ether oxygens (including phenoxy) is 1. The van der Waals surface area contributed by atoms with Gasteiger partial charge in [0.05, 0.1) is 11.8 Å². The Morgan fingerprint density at radius 3 is 2.55 bits per heavy atom. The number of nitrogens with zero attached hydrogens (tertiary/aromatic N) is 2. The van der Waals surface area contributed by atoms with Crippen molar-refractivity contribution in [1.29, 1.82) is 0 Å². The molecule has 0 atom stereocenters. The number of hydrogen-bond acceptors (Lipinski definition) is 4. The second-order valence-corrected chi connectivity index (χ2v) is 5.02. The molecule has 0 saturated heterocycles. The van der Waals surface area contributed by atoms with Crippen LogP contribution in [-0.2, 0) is 6.42 Å². The van der Waals surface area contributed by atoms with Gasteiger partial charge in [-0.1, -0.05) is 19.1 Å². The minimum absolute atomic E-state index is 0.112. The molecular weight excluding hydrogens is 250 g/mol. The summed E-state index contributed by atoms with van der Waals surface area (Å²) in [5.74, 6) is 2.11. The molecule has 0 fully saturated rings. The van der Waals surface area contributed by atoms with Gasteiger partial charge >= 0.3 is 0 Å². The van der Waals surface area contributed by atoms with Gasteiger partial charge in [0.15, 0.2) is 0 Å². The molecule has 4 nitrogen and oxygen atoms in total. The predicted octanol–water partition coefficient (Wildman–Crippen LogP) is 3.38. The highest BCUT2D eigenvalue weighted by Gasteiger charge is 2.14. The summed E-state index contributed by atoms with van der Waals surface area (Å²) in [5.41, 5.74) is 8.70. The highest BCUT2D eigenvalue weighted by Crippen LogP contribution is 2.32. The molecule has 1 aromatic carbocycles. The summed E-state index contributed by atoms with van der Waals surface area (Å²) < 4.78 is 5.87. The van der Waals surface area contributed by atoms with Gasteiger partial charge in [0.2, 0.25) is 0 Å². The van der Waals surface area contributed by atoms with Crippen LogP contribution in [0.1, 0.15) is 32.2 Å². The molecule has 0 amide bonds. The van der Waals surface area contributed by atoms with E-state index < -0.39 is 0 Å². The van der Waals surface area contributed by atoms with Crippen LogP contribution in [-0.4, -0.2) is 16.1 Å². The number of hydrogen-bond donors (Lipinski definition) is 1. The summed E-state index contributed by atoms with van der Waals surface area (Å²) >= 11 is 0. The fourth-order valence-electron chi connectivity index (χ4n) is 2.02. The van der Waals surface area contributed by atoms with Crippen molar-refractivity contribution >= 4 is 5.82 Å². The van der Waals surface area contributed by atoms with E-state index in [1.807, 2.05) is 52.0 Å². The number of rotatable bonds is 4. The van der Waals surface area contributed by atoms with Gasteiger partial charge in [-0.25, -0.2) is 9.97 Å². The molecule has 0 aliphatic heterocycles. The first-order valence-corrected chi connectivity index (χ1v) is 6.92. The minimum atomic E-state index is 0.112. The maximum atomic E-state index is 5.99. The average molecular weight is 271 g/mol. The maximum Gasteiger partial charge on any atom is 0.131 e. The van der Waals surface area contributed by atoms with E-state index in [4.69, 9.17) is 10.5 Å². The molecular formula is C16H21N3O. The molecule has 0 aliphatic rings. The highest BCUT2D eigenvalue weighted by molar-refractivity contribution is 5.72. The van der Waals surface area contributed by atoms with Crippen molar-refractivity contribution in [3.63, 3.8) is 0 Å². The van der Waals surface area contributed by atoms with Gasteiger partial charge in [-0.3, -0.25) is 0 Å². The summed E-state index contributed by atoms with van der Waals surface area (Å²) in [7, 11) is 0. The van der Waals surface area contributed by atoms with E-state index in [0.29, 0.717) is 5.82 Å². The fourth-order valence-corrected chi connectivity index (χ4v) is 2.02. The van der Waals surface area contributed by atoms with Crippen LogP contribution in [0, 0.1) is 6.92 Å². The van der Waals surface area contributed by atoms with Crippen LogP contribution in [0.15, 0.2) is 24.3 Å². The Labute approximate surface area is 120 Å². The van der Waals surface area contributed by atoms with Crippen molar-refractivity contribution in [2.75, 3.05) is 5.73 Å². The molecule has 0 bridgehead atoms. The van der Waals surface area contributed by atoms with Gasteiger partial charge in [-0.2, -0.15) is 0 Å². The average Bonchev–Trinajstić information content (AvgIpc) is 2.42. The summed E-state index contributed by atoms with van der Waals surface area (Å²) in [6.07, 6.45) is 0.867. The topological polar surface area (TPSA) is 61.0 Å². The van der Waals surface area contributed by atoms with Gasteiger partial charge in [0.1, 0.15) is 17.4 Å². The molecule has 0 spiro atoms. The minimum Gasteiger partial charge on any atom is -0.490 e. The number of aromatic nitrogens is 2. The Morgan fingerprint density at radius 1 is 1.20 bits per heavy atom. The first-order chi connectivity index (χ1) is 9.52. The van der Waals surface area contributed by atoms with E-state index >= 15 is 0 Å². The number of para-hydroxylation sites is 1. The third-order valence-corrected chi connectivity index (χ3v) is 3.05. The van der Waals surface area contributed by atoms with Gasteiger partial charge < -0.3 is 10.5 Å². The number of benzene rings is 1. The van der Waals surface area contributed by atoms with Crippen molar-refractivity contribution in [3.05, 3.63) is 35.7 Å². The van der Waals surface area contributed by atoms with Crippen LogP contribution < -0.4 is 10.5 Å². The Hall–Kier alpha value is -2.10. The van der Waals surface area contributed by atoms with E-state index in [0.717, 1.165) is 34.8 Å². The predicted molar refractivity (Wildman–Crippen MR) is 81.8 cm³/mol. The van der Waals surface area contributed by atoms with Gasteiger partial charge in [0, 0.05) is 17.5 Å². The molecule has 0 saturated carbocycles. The van der Waals surface area contributed by atoms with Crippen LogP contribution in [0.25, 0.3) is 11.3 Å². The first kappa shape index (κ1) is 14.3. The monoisotopic (exact) mass is 271 g/mol. The SMILES string of the molecule is CCc1nc(N)c(C)c(-c2ccccc2OC(C)C)n1. The zero-order chi connectivity index (χ0) is 14.7. The zero-order valence-corrected chi connectivity index (χ0v) is 12.5. The third kappa shape index (κ3) is 2.90. The molecule has 2 rings (SSSR count). The lowest BCUT2D eigenvalue weighted by molar-refractivity contribution is 0.243. The Morgan fingerprint density at radius 2 is 1.90 bits per heavy atom. The Bertz CT molecular complexity index is 609. The molecule has 0 aliphatic carbocycles. The molecule has 2 N–H and O–H groups in total. The zero-order valence-electron chi connectivity index (χ0n) is 12.5. The third-order valence-electron chi connectivity index (χ3n) is 3.05. The van der Waals surface area contributed by atoms with Crippen LogP contribution in [0.3, 0.4) is 0 Å².